The van der Waals surface area contributed by atoms with Gasteiger partial charge in [0.1, 0.15) is 12.5 Å². The van der Waals surface area contributed by atoms with Crippen molar-refractivity contribution in [2.45, 2.75) is 38.1 Å². The maximum atomic E-state index is 5.46. The summed E-state index contributed by atoms with van der Waals surface area (Å²) in [6.45, 7) is 0. The molecular weight excluding hydrogens is 132 g/mol. The largest absolute Gasteiger partial charge is 0.303 e. The Morgan fingerprint density at radius 3 is 1.70 bits per heavy atom. The minimum atomic E-state index is -0.300. The fraction of sp³-hybridized carbons (Fsp3) is 1.00. The number of hydrogen-bond donors (Lipinski definition) is 2. The summed E-state index contributed by atoms with van der Waals surface area (Å²) in [6, 6.07) is 0. The molecule has 10 heavy (non-hydrogen) atoms. The van der Waals surface area contributed by atoms with Crippen LogP contribution in [-0.4, -0.2) is 12.5 Å². The van der Waals surface area contributed by atoms with Gasteiger partial charge in [-0.15, -0.1) is 0 Å². The van der Waals surface area contributed by atoms with Crippen LogP contribution in [-0.2, 0) is 9.78 Å². The van der Waals surface area contributed by atoms with E-state index in [-0.39, 0.29) is 12.5 Å². The van der Waals surface area contributed by atoms with Crippen LogP contribution in [0, 0.1) is 0 Å². The molecule has 0 aromatic rings. The molecule has 4 heteroatoms. The summed E-state index contributed by atoms with van der Waals surface area (Å²) in [7, 11) is 0. The van der Waals surface area contributed by atoms with Gasteiger partial charge < -0.3 is 11.5 Å². The van der Waals surface area contributed by atoms with E-state index in [4.69, 9.17) is 21.2 Å². The van der Waals surface area contributed by atoms with Gasteiger partial charge in [-0.2, -0.15) is 0 Å². The van der Waals surface area contributed by atoms with E-state index in [1.54, 1.807) is 0 Å². The Labute approximate surface area is 60.4 Å². The Bertz CT molecular complexity index is 87.7. The maximum Gasteiger partial charge on any atom is 0.141 e. The summed E-state index contributed by atoms with van der Waals surface area (Å²) in [5.74, 6) is 0. The molecule has 1 fully saturated rings. The average molecular weight is 146 g/mol. The second-order valence-electron chi connectivity index (χ2n) is 2.55. The molecule has 1 aliphatic heterocycles. The third kappa shape index (κ3) is 2.62. The average Bonchev–Trinajstić information content (AvgIpc) is 1.90. The predicted molar refractivity (Wildman–Crippen MR) is 36.6 cm³/mol. The molecule has 0 amide bonds. The molecule has 60 valence electrons. The molecule has 1 heterocycles. The Kier molecular flexibility index (Phi) is 3.08. The lowest BCUT2D eigenvalue weighted by Crippen LogP contribution is -2.32. The summed E-state index contributed by atoms with van der Waals surface area (Å²) in [4.78, 5) is 9.50. The first kappa shape index (κ1) is 7.94. The van der Waals surface area contributed by atoms with E-state index in [0.29, 0.717) is 0 Å². The molecule has 1 rings (SSSR count). The van der Waals surface area contributed by atoms with Crippen molar-refractivity contribution in [3.8, 4) is 0 Å². The molecule has 0 aromatic carbocycles. The van der Waals surface area contributed by atoms with Crippen LogP contribution in [0.5, 0.6) is 0 Å². The van der Waals surface area contributed by atoms with Gasteiger partial charge in [0, 0.05) is 0 Å². The highest BCUT2D eigenvalue weighted by atomic mass is 17.2. The maximum absolute atomic E-state index is 5.46. The van der Waals surface area contributed by atoms with E-state index in [9.17, 15) is 0 Å². The van der Waals surface area contributed by atoms with Crippen LogP contribution in [0.4, 0.5) is 0 Å². The van der Waals surface area contributed by atoms with E-state index < -0.39 is 0 Å². The van der Waals surface area contributed by atoms with Crippen molar-refractivity contribution in [2.24, 2.45) is 11.5 Å². The normalized spacial score (nSPS) is 36.6. The quantitative estimate of drug-likeness (QED) is 0.475. The Balaban J connectivity index is 2.23. The van der Waals surface area contributed by atoms with Crippen molar-refractivity contribution >= 4 is 0 Å². The lowest BCUT2D eigenvalue weighted by Gasteiger charge is -2.19. The van der Waals surface area contributed by atoms with Crippen molar-refractivity contribution in [2.75, 3.05) is 0 Å². The van der Waals surface area contributed by atoms with Gasteiger partial charge in [-0.05, 0) is 25.7 Å². The predicted octanol–water partition coefficient (Wildman–Crippen LogP) is 0.0782. The van der Waals surface area contributed by atoms with Crippen LogP contribution in [0.1, 0.15) is 25.7 Å². The van der Waals surface area contributed by atoms with Crippen LogP contribution in [0.2, 0.25) is 0 Å². The van der Waals surface area contributed by atoms with Gasteiger partial charge in [0.2, 0.25) is 0 Å². The van der Waals surface area contributed by atoms with E-state index in [0.717, 1.165) is 25.7 Å². The molecule has 0 bridgehead atoms. The highest BCUT2D eigenvalue weighted by Gasteiger charge is 2.11. The van der Waals surface area contributed by atoms with Gasteiger partial charge in [0.05, 0.1) is 0 Å². The molecule has 0 aromatic heterocycles. The zero-order valence-electron chi connectivity index (χ0n) is 5.95. The molecule has 2 atom stereocenters. The molecule has 0 saturated carbocycles. The zero-order valence-corrected chi connectivity index (χ0v) is 5.95. The van der Waals surface area contributed by atoms with Crippen molar-refractivity contribution in [3.05, 3.63) is 0 Å². The van der Waals surface area contributed by atoms with Gasteiger partial charge in [0.15, 0.2) is 0 Å². The fourth-order valence-corrected chi connectivity index (χ4v) is 0.930. The Morgan fingerprint density at radius 2 is 1.30 bits per heavy atom. The van der Waals surface area contributed by atoms with E-state index in [2.05, 4.69) is 0 Å². The first-order valence-corrected chi connectivity index (χ1v) is 3.62. The van der Waals surface area contributed by atoms with Gasteiger partial charge in [-0.1, -0.05) is 0 Å². The first-order chi connectivity index (χ1) is 4.79. The third-order valence-electron chi connectivity index (χ3n) is 1.53. The SMILES string of the molecule is NC1CCCCC(N)OO1. The van der Waals surface area contributed by atoms with Crippen molar-refractivity contribution in [1.82, 2.24) is 0 Å². The summed E-state index contributed by atoms with van der Waals surface area (Å²) in [5, 5.41) is 0. The fourth-order valence-electron chi connectivity index (χ4n) is 0.930. The van der Waals surface area contributed by atoms with Gasteiger partial charge in [-0.3, -0.25) is 0 Å². The lowest BCUT2D eigenvalue weighted by atomic mass is 10.1. The smallest absolute Gasteiger partial charge is 0.141 e. The van der Waals surface area contributed by atoms with E-state index in [1.165, 1.54) is 0 Å². The minimum Gasteiger partial charge on any atom is -0.303 e. The van der Waals surface area contributed by atoms with Crippen molar-refractivity contribution in [3.63, 3.8) is 0 Å². The second-order valence-corrected chi connectivity index (χ2v) is 2.55. The molecule has 4 nitrogen and oxygen atoms in total. The van der Waals surface area contributed by atoms with Crippen molar-refractivity contribution < 1.29 is 9.78 Å². The van der Waals surface area contributed by atoms with Crippen LogP contribution >= 0.6 is 0 Å². The summed E-state index contributed by atoms with van der Waals surface area (Å²) < 4.78 is 0. The van der Waals surface area contributed by atoms with Crippen molar-refractivity contribution in [1.29, 1.82) is 0 Å². The summed E-state index contributed by atoms with van der Waals surface area (Å²) in [5.41, 5.74) is 10.9. The lowest BCUT2D eigenvalue weighted by molar-refractivity contribution is -0.354. The third-order valence-corrected chi connectivity index (χ3v) is 1.53. The monoisotopic (exact) mass is 146 g/mol. The van der Waals surface area contributed by atoms with Crippen LogP contribution in [0.15, 0.2) is 0 Å². The minimum absolute atomic E-state index is 0.300. The zero-order chi connectivity index (χ0) is 7.40. The van der Waals surface area contributed by atoms with Gasteiger partial charge in [0.25, 0.3) is 0 Å². The number of nitrogens with two attached hydrogens (primary N) is 2. The molecule has 2 unspecified atom stereocenters. The standard InChI is InChI=1S/C6H14N2O2/c7-5-3-1-2-4-6(8)10-9-5/h5-6H,1-4,7-8H2. The van der Waals surface area contributed by atoms with Gasteiger partial charge >= 0.3 is 0 Å². The highest BCUT2D eigenvalue weighted by molar-refractivity contribution is 4.54. The molecule has 0 spiro atoms. The number of rotatable bonds is 0. The van der Waals surface area contributed by atoms with Gasteiger partial charge in [-0.25, -0.2) is 9.78 Å². The second kappa shape index (κ2) is 3.88. The Hall–Kier alpha value is -0.160. The topological polar surface area (TPSA) is 70.5 Å². The van der Waals surface area contributed by atoms with E-state index in [1.807, 2.05) is 0 Å². The number of hydrogen-bond acceptors (Lipinski definition) is 4. The molecular formula is C6H14N2O2. The van der Waals surface area contributed by atoms with Crippen LogP contribution < -0.4 is 11.5 Å². The molecule has 4 N–H and O–H groups in total. The first-order valence-electron chi connectivity index (χ1n) is 3.62. The highest BCUT2D eigenvalue weighted by Crippen LogP contribution is 2.10. The molecule has 0 aliphatic carbocycles. The summed E-state index contributed by atoms with van der Waals surface area (Å²) >= 11 is 0. The van der Waals surface area contributed by atoms with Crippen LogP contribution in [0.25, 0.3) is 0 Å². The van der Waals surface area contributed by atoms with Crippen LogP contribution in [0.3, 0.4) is 0 Å². The molecule has 0 radical (unpaired) electrons. The van der Waals surface area contributed by atoms with E-state index >= 15 is 0 Å². The summed E-state index contributed by atoms with van der Waals surface area (Å²) in [6.07, 6.45) is 3.24. The molecule has 1 aliphatic rings. The Morgan fingerprint density at radius 1 is 0.900 bits per heavy atom. The molecule has 1 saturated heterocycles.